The smallest absolute Gasteiger partial charge is 0.437 e. The van der Waals surface area contributed by atoms with Crippen molar-refractivity contribution in [1.29, 1.82) is 0 Å². The Morgan fingerprint density at radius 3 is 2.71 bits per heavy atom. The molecule has 0 spiro atoms. The van der Waals surface area contributed by atoms with Crippen LogP contribution < -0.4 is 5.76 Å². The molecule has 0 radical (unpaired) electrons. The number of ketones is 1. The molecule has 0 fully saturated rings. The number of nitrogens with zero attached hydrogens (tertiary/aromatic N) is 2. The number of hydrogen-bond acceptors (Lipinski definition) is 5. The molecule has 6 nitrogen and oxygen atoms in total. The fourth-order valence-corrected chi connectivity index (χ4v) is 2.54. The Morgan fingerprint density at radius 2 is 2.04 bits per heavy atom. The van der Waals surface area contributed by atoms with Gasteiger partial charge in [-0.3, -0.25) is 4.79 Å². The van der Waals surface area contributed by atoms with E-state index in [1.54, 1.807) is 12.1 Å². The van der Waals surface area contributed by atoms with Gasteiger partial charge in [0.25, 0.3) is 5.89 Å². The van der Waals surface area contributed by atoms with Gasteiger partial charge in [-0.25, -0.2) is 4.79 Å². The number of aromatic nitrogens is 2. The Balaban J connectivity index is 1.89. The van der Waals surface area contributed by atoms with E-state index in [1.165, 1.54) is 6.26 Å². The van der Waals surface area contributed by atoms with Crippen molar-refractivity contribution in [2.45, 2.75) is 33.2 Å². The minimum absolute atomic E-state index is 0.0656. The molecule has 2 heterocycles. The maximum Gasteiger partial charge on any atom is 0.437 e. The van der Waals surface area contributed by atoms with E-state index in [4.69, 9.17) is 8.83 Å². The zero-order valence-electron chi connectivity index (χ0n) is 13.6. The molecule has 0 saturated heterocycles. The number of hydrogen-bond donors (Lipinski definition) is 0. The lowest BCUT2D eigenvalue weighted by atomic mass is 9.98. The number of benzene rings is 1. The van der Waals surface area contributed by atoms with Crippen molar-refractivity contribution in [2.24, 2.45) is 0 Å². The Labute approximate surface area is 138 Å². The molecule has 124 valence electrons. The highest BCUT2D eigenvalue weighted by molar-refractivity contribution is 5.97. The average molecular weight is 326 g/mol. The second-order valence-corrected chi connectivity index (χ2v) is 5.43. The molecule has 3 rings (SSSR count). The summed E-state index contributed by atoms with van der Waals surface area (Å²) in [5.74, 6) is -0.431. The van der Waals surface area contributed by atoms with Crippen LogP contribution in [0.25, 0.3) is 11.7 Å². The summed E-state index contributed by atoms with van der Waals surface area (Å²) in [5.41, 5.74) is 2.67. The predicted octanol–water partition coefficient (Wildman–Crippen LogP) is 3.10. The number of carbonyl (C=O) groups excluding carboxylic acids is 1. The number of aryl methyl sites for hydroxylation is 2. The lowest BCUT2D eigenvalue weighted by Gasteiger charge is -2.08. The summed E-state index contributed by atoms with van der Waals surface area (Å²) in [5, 5.41) is 4.04. The Hall–Kier alpha value is -2.89. The van der Waals surface area contributed by atoms with Crippen LogP contribution in [0.1, 0.15) is 35.3 Å². The minimum Gasteiger partial charge on any atom is -0.459 e. The van der Waals surface area contributed by atoms with Crippen molar-refractivity contribution >= 4 is 5.78 Å². The van der Waals surface area contributed by atoms with E-state index in [9.17, 15) is 9.59 Å². The molecular formula is C18H18N2O4. The van der Waals surface area contributed by atoms with Crippen LogP contribution in [0, 0.1) is 0 Å². The van der Waals surface area contributed by atoms with Crippen molar-refractivity contribution in [2.75, 3.05) is 0 Å². The fraction of sp³-hybridized carbons (Fsp3) is 0.278. The Bertz CT molecular complexity index is 903. The largest absolute Gasteiger partial charge is 0.459 e. The molecule has 3 aromatic rings. The molecule has 0 atom stereocenters. The third-order valence-corrected chi connectivity index (χ3v) is 3.90. The molecule has 1 aromatic carbocycles. The van der Waals surface area contributed by atoms with Crippen molar-refractivity contribution in [3.05, 3.63) is 63.8 Å². The van der Waals surface area contributed by atoms with Gasteiger partial charge in [0.15, 0.2) is 11.5 Å². The van der Waals surface area contributed by atoms with Gasteiger partial charge >= 0.3 is 5.76 Å². The van der Waals surface area contributed by atoms with Gasteiger partial charge in [0.1, 0.15) is 6.54 Å². The van der Waals surface area contributed by atoms with Crippen molar-refractivity contribution in [1.82, 2.24) is 9.78 Å². The summed E-state index contributed by atoms with van der Waals surface area (Å²) in [6, 6.07) is 9.18. The van der Waals surface area contributed by atoms with Crippen LogP contribution >= 0.6 is 0 Å². The first-order valence-electron chi connectivity index (χ1n) is 7.89. The first-order valence-corrected chi connectivity index (χ1v) is 7.89. The molecule has 0 bridgehead atoms. The fourth-order valence-electron chi connectivity index (χ4n) is 2.54. The number of rotatable bonds is 6. The summed E-state index contributed by atoms with van der Waals surface area (Å²) in [6.07, 6.45) is 3.05. The summed E-state index contributed by atoms with van der Waals surface area (Å²) < 4.78 is 11.2. The van der Waals surface area contributed by atoms with Gasteiger partial charge in [-0.2, -0.15) is 4.68 Å². The Kier molecular flexibility index (Phi) is 4.46. The predicted molar refractivity (Wildman–Crippen MR) is 88.0 cm³/mol. The van der Waals surface area contributed by atoms with Crippen LogP contribution in [0.5, 0.6) is 0 Å². The van der Waals surface area contributed by atoms with Crippen LogP contribution in [-0.2, 0) is 19.4 Å². The summed E-state index contributed by atoms with van der Waals surface area (Å²) in [6.45, 7) is 3.87. The van der Waals surface area contributed by atoms with Crippen LogP contribution in [-0.4, -0.2) is 15.6 Å². The number of carbonyl (C=O) groups is 1. The molecule has 24 heavy (non-hydrogen) atoms. The SMILES string of the molecule is CCc1ccc(CC)c(C(=O)Cn2nc(-c3ccco3)oc2=O)c1. The molecule has 0 saturated carbocycles. The summed E-state index contributed by atoms with van der Waals surface area (Å²) in [4.78, 5) is 24.6. The van der Waals surface area contributed by atoms with Gasteiger partial charge in [-0.1, -0.05) is 26.0 Å². The standard InChI is InChI=1S/C18H18N2O4/c1-3-12-7-8-13(4-2)14(10-12)15(21)11-20-18(22)24-17(19-20)16-6-5-9-23-16/h5-10H,3-4,11H2,1-2H3. The highest BCUT2D eigenvalue weighted by Gasteiger charge is 2.17. The minimum atomic E-state index is -0.681. The lowest BCUT2D eigenvalue weighted by molar-refractivity contribution is 0.0964. The van der Waals surface area contributed by atoms with E-state index < -0.39 is 5.76 Å². The average Bonchev–Trinajstić information content (AvgIpc) is 3.24. The van der Waals surface area contributed by atoms with E-state index in [0.717, 1.165) is 28.7 Å². The molecule has 0 N–H and O–H groups in total. The van der Waals surface area contributed by atoms with Crippen molar-refractivity contribution in [3.8, 4) is 11.7 Å². The quantitative estimate of drug-likeness (QED) is 0.650. The molecule has 6 heteroatoms. The van der Waals surface area contributed by atoms with Crippen LogP contribution in [0.2, 0.25) is 0 Å². The molecular weight excluding hydrogens is 308 g/mol. The van der Waals surface area contributed by atoms with E-state index in [2.05, 4.69) is 5.10 Å². The summed E-state index contributed by atoms with van der Waals surface area (Å²) in [7, 11) is 0. The van der Waals surface area contributed by atoms with Gasteiger partial charge in [-0.05, 0) is 42.2 Å². The first kappa shape index (κ1) is 16.0. The highest BCUT2D eigenvalue weighted by Crippen LogP contribution is 2.17. The zero-order chi connectivity index (χ0) is 17.1. The topological polar surface area (TPSA) is 78.2 Å². The number of furan rings is 1. The Morgan fingerprint density at radius 1 is 1.21 bits per heavy atom. The highest BCUT2D eigenvalue weighted by atomic mass is 16.4. The third-order valence-electron chi connectivity index (χ3n) is 3.90. The van der Waals surface area contributed by atoms with E-state index in [1.807, 2.05) is 32.0 Å². The van der Waals surface area contributed by atoms with Crippen LogP contribution in [0.4, 0.5) is 0 Å². The number of Topliss-reactive ketones (excluding diaryl/α,β-unsaturated/α-hetero) is 1. The normalized spacial score (nSPS) is 10.9. The van der Waals surface area contributed by atoms with Gasteiger partial charge < -0.3 is 8.83 Å². The van der Waals surface area contributed by atoms with Crippen molar-refractivity contribution in [3.63, 3.8) is 0 Å². The van der Waals surface area contributed by atoms with Gasteiger partial charge in [0, 0.05) is 5.56 Å². The molecule has 0 amide bonds. The second-order valence-electron chi connectivity index (χ2n) is 5.43. The van der Waals surface area contributed by atoms with Gasteiger partial charge in [0.2, 0.25) is 0 Å². The molecule has 0 aliphatic carbocycles. The molecule has 0 aliphatic heterocycles. The molecule has 0 aliphatic rings. The van der Waals surface area contributed by atoms with E-state index >= 15 is 0 Å². The van der Waals surface area contributed by atoms with Gasteiger partial charge in [0.05, 0.1) is 6.26 Å². The maximum absolute atomic E-state index is 12.6. The van der Waals surface area contributed by atoms with Crippen LogP contribution in [0.3, 0.4) is 0 Å². The van der Waals surface area contributed by atoms with Crippen LogP contribution in [0.15, 0.2) is 50.2 Å². The maximum atomic E-state index is 12.6. The first-order chi connectivity index (χ1) is 11.6. The second kappa shape index (κ2) is 6.70. The van der Waals surface area contributed by atoms with Crippen molar-refractivity contribution < 1.29 is 13.6 Å². The van der Waals surface area contributed by atoms with E-state index in [0.29, 0.717) is 11.3 Å². The monoisotopic (exact) mass is 326 g/mol. The van der Waals surface area contributed by atoms with E-state index in [-0.39, 0.29) is 18.2 Å². The molecule has 0 unspecified atom stereocenters. The zero-order valence-corrected chi connectivity index (χ0v) is 13.6. The summed E-state index contributed by atoms with van der Waals surface area (Å²) >= 11 is 0. The van der Waals surface area contributed by atoms with Gasteiger partial charge in [-0.15, -0.1) is 5.10 Å². The third kappa shape index (κ3) is 3.08. The molecule has 2 aromatic heterocycles. The lowest BCUT2D eigenvalue weighted by Crippen LogP contribution is -2.22.